The Balaban J connectivity index is 1.52. The largest absolute Gasteiger partial charge is 0.267 e. The minimum absolute atomic E-state index is 0.645. The average molecular weight is 409 g/mol. The van der Waals surface area contributed by atoms with E-state index >= 15 is 0 Å². The molecule has 4 rings (SSSR count). The van der Waals surface area contributed by atoms with Gasteiger partial charge in [0.1, 0.15) is 0 Å². The molecule has 0 spiro atoms. The Kier molecular flexibility index (Phi) is 5.42. The molecule has 0 fully saturated rings. The summed E-state index contributed by atoms with van der Waals surface area (Å²) in [5.74, 6) is 0.699. The highest BCUT2D eigenvalue weighted by Crippen LogP contribution is 2.21. The van der Waals surface area contributed by atoms with Gasteiger partial charge in [-0.15, -0.1) is 0 Å². The molecular weight excluding hydrogens is 391 g/mol. The van der Waals surface area contributed by atoms with E-state index in [0.29, 0.717) is 22.4 Å². The normalized spacial score (nSPS) is 11.0. The third kappa shape index (κ3) is 4.58. The standard InChI is InChI=1S/C22H18Cl2N4/c1-15-9-21(27-22(26-15)18-3-2-4-19(23)11-18)10-16-5-7-17(8-6-16)13-28-14-20(24)12-25-28/h2-9,11-12,14H,10,13H2,1H3. The number of hydrogen-bond donors (Lipinski definition) is 0. The molecule has 0 bridgehead atoms. The van der Waals surface area contributed by atoms with E-state index in [1.165, 1.54) is 11.1 Å². The lowest BCUT2D eigenvalue weighted by Gasteiger charge is -2.08. The number of hydrogen-bond acceptors (Lipinski definition) is 3. The minimum atomic E-state index is 0.645. The van der Waals surface area contributed by atoms with E-state index < -0.39 is 0 Å². The Morgan fingerprint density at radius 1 is 0.893 bits per heavy atom. The summed E-state index contributed by atoms with van der Waals surface area (Å²) in [5.41, 5.74) is 5.20. The monoisotopic (exact) mass is 408 g/mol. The van der Waals surface area contributed by atoms with Gasteiger partial charge in [-0.2, -0.15) is 5.10 Å². The SMILES string of the molecule is Cc1cc(Cc2ccc(Cn3cc(Cl)cn3)cc2)nc(-c2cccc(Cl)c2)n1. The molecule has 2 aromatic carbocycles. The lowest BCUT2D eigenvalue weighted by Crippen LogP contribution is -2.01. The van der Waals surface area contributed by atoms with Gasteiger partial charge >= 0.3 is 0 Å². The molecule has 0 aliphatic heterocycles. The summed E-state index contributed by atoms with van der Waals surface area (Å²) in [6, 6.07) is 18.1. The maximum atomic E-state index is 6.11. The van der Waals surface area contributed by atoms with Crippen LogP contribution < -0.4 is 0 Å². The van der Waals surface area contributed by atoms with Gasteiger partial charge in [-0.3, -0.25) is 4.68 Å². The molecule has 140 valence electrons. The highest BCUT2D eigenvalue weighted by Gasteiger charge is 2.07. The first-order chi connectivity index (χ1) is 13.5. The van der Waals surface area contributed by atoms with Crippen molar-refractivity contribution in [3.05, 3.63) is 99.6 Å². The van der Waals surface area contributed by atoms with Crippen molar-refractivity contribution in [2.24, 2.45) is 0 Å². The smallest absolute Gasteiger partial charge is 0.159 e. The molecule has 2 aromatic heterocycles. The molecule has 0 radical (unpaired) electrons. The van der Waals surface area contributed by atoms with Gasteiger partial charge in [-0.1, -0.05) is 59.6 Å². The molecule has 0 saturated carbocycles. The second-order valence-electron chi connectivity index (χ2n) is 6.68. The van der Waals surface area contributed by atoms with Gasteiger partial charge in [0.25, 0.3) is 0 Å². The van der Waals surface area contributed by atoms with E-state index in [-0.39, 0.29) is 0 Å². The van der Waals surface area contributed by atoms with E-state index in [1.54, 1.807) is 6.20 Å². The van der Waals surface area contributed by atoms with Crippen LogP contribution in [0.1, 0.15) is 22.5 Å². The predicted molar refractivity (Wildman–Crippen MR) is 113 cm³/mol. The van der Waals surface area contributed by atoms with Crippen LogP contribution in [-0.4, -0.2) is 19.7 Å². The van der Waals surface area contributed by atoms with Crippen molar-refractivity contribution >= 4 is 23.2 Å². The highest BCUT2D eigenvalue weighted by molar-refractivity contribution is 6.31. The molecule has 0 unspecified atom stereocenters. The van der Waals surface area contributed by atoms with Crippen LogP contribution in [0, 0.1) is 6.92 Å². The quantitative estimate of drug-likeness (QED) is 0.431. The highest BCUT2D eigenvalue weighted by atomic mass is 35.5. The maximum Gasteiger partial charge on any atom is 0.159 e. The lowest BCUT2D eigenvalue weighted by molar-refractivity contribution is 0.686. The van der Waals surface area contributed by atoms with Crippen LogP contribution in [-0.2, 0) is 13.0 Å². The Hall–Kier alpha value is -2.69. The van der Waals surface area contributed by atoms with E-state index in [4.69, 9.17) is 28.2 Å². The van der Waals surface area contributed by atoms with Crippen LogP contribution in [0.25, 0.3) is 11.4 Å². The van der Waals surface area contributed by atoms with Gasteiger partial charge in [0, 0.05) is 34.6 Å². The van der Waals surface area contributed by atoms with Crippen molar-refractivity contribution < 1.29 is 0 Å². The van der Waals surface area contributed by atoms with Crippen LogP contribution in [0.5, 0.6) is 0 Å². The van der Waals surface area contributed by atoms with Gasteiger partial charge in [0.2, 0.25) is 0 Å². The van der Waals surface area contributed by atoms with Crippen molar-refractivity contribution in [2.75, 3.05) is 0 Å². The van der Waals surface area contributed by atoms with E-state index in [1.807, 2.05) is 48.1 Å². The molecule has 4 nitrogen and oxygen atoms in total. The molecular formula is C22H18Cl2N4. The molecule has 0 saturated heterocycles. The zero-order valence-corrected chi connectivity index (χ0v) is 16.8. The summed E-state index contributed by atoms with van der Waals surface area (Å²) in [6.45, 7) is 2.68. The Labute approximate surface area is 173 Å². The average Bonchev–Trinajstić information content (AvgIpc) is 3.08. The van der Waals surface area contributed by atoms with Gasteiger partial charge in [0.15, 0.2) is 5.82 Å². The Morgan fingerprint density at radius 3 is 2.39 bits per heavy atom. The van der Waals surface area contributed by atoms with Crippen LogP contribution >= 0.6 is 23.2 Å². The number of aromatic nitrogens is 4. The van der Waals surface area contributed by atoms with E-state index in [9.17, 15) is 0 Å². The van der Waals surface area contributed by atoms with Crippen molar-refractivity contribution in [2.45, 2.75) is 19.9 Å². The number of aryl methyl sites for hydroxylation is 1. The second-order valence-corrected chi connectivity index (χ2v) is 7.56. The molecule has 2 heterocycles. The van der Waals surface area contributed by atoms with Crippen molar-refractivity contribution in [1.82, 2.24) is 19.7 Å². The van der Waals surface area contributed by atoms with Gasteiger partial charge in [0.05, 0.1) is 17.8 Å². The fraction of sp³-hybridized carbons (Fsp3) is 0.136. The first-order valence-electron chi connectivity index (χ1n) is 8.91. The number of halogens is 2. The predicted octanol–water partition coefficient (Wildman–Crippen LogP) is 5.59. The summed E-state index contributed by atoms with van der Waals surface area (Å²) >= 11 is 12.0. The zero-order chi connectivity index (χ0) is 19.5. The molecule has 0 aliphatic rings. The minimum Gasteiger partial charge on any atom is -0.267 e. The fourth-order valence-corrected chi connectivity index (χ4v) is 3.41. The van der Waals surface area contributed by atoms with Crippen LogP contribution in [0.4, 0.5) is 0 Å². The molecule has 28 heavy (non-hydrogen) atoms. The lowest BCUT2D eigenvalue weighted by atomic mass is 10.1. The van der Waals surface area contributed by atoms with E-state index in [0.717, 1.165) is 23.4 Å². The van der Waals surface area contributed by atoms with E-state index in [2.05, 4.69) is 34.3 Å². The van der Waals surface area contributed by atoms with Crippen LogP contribution in [0.3, 0.4) is 0 Å². The molecule has 0 atom stereocenters. The molecule has 4 aromatic rings. The zero-order valence-electron chi connectivity index (χ0n) is 15.3. The van der Waals surface area contributed by atoms with Gasteiger partial charge in [-0.05, 0) is 36.2 Å². The topological polar surface area (TPSA) is 43.6 Å². The summed E-state index contributed by atoms with van der Waals surface area (Å²) < 4.78 is 1.82. The first-order valence-corrected chi connectivity index (χ1v) is 9.67. The van der Waals surface area contributed by atoms with Crippen LogP contribution in [0.2, 0.25) is 10.0 Å². The third-order valence-electron chi connectivity index (χ3n) is 4.34. The Morgan fingerprint density at radius 2 is 1.68 bits per heavy atom. The fourth-order valence-electron chi connectivity index (χ4n) is 3.06. The van der Waals surface area contributed by atoms with Crippen LogP contribution in [0.15, 0.2) is 67.0 Å². The number of nitrogens with zero attached hydrogens (tertiary/aromatic N) is 4. The van der Waals surface area contributed by atoms with Crippen molar-refractivity contribution in [3.8, 4) is 11.4 Å². The molecule has 0 amide bonds. The molecule has 0 aliphatic carbocycles. The van der Waals surface area contributed by atoms with Crippen molar-refractivity contribution in [3.63, 3.8) is 0 Å². The summed E-state index contributed by atoms with van der Waals surface area (Å²) in [6.07, 6.45) is 4.20. The summed E-state index contributed by atoms with van der Waals surface area (Å²) in [5, 5.41) is 5.54. The first kappa shape index (κ1) is 18.7. The third-order valence-corrected chi connectivity index (χ3v) is 4.77. The van der Waals surface area contributed by atoms with Gasteiger partial charge < -0.3 is 0 Å². The number of benzene rings is 2. The number of rotatable bonds is 5. The Bertz CT molecular complexity index is 1100. The molecule has 6 heteroatoms. The van der Waals surface area contributed by atoms with Crippen molar-refractivity contribution in [1.29, 1.82) is 0 Å². The molecule has 0 N–H and O–H groups in total. The second kappa shape index (κ2) is 8.13. The maximum absolute atomic E-state index is 6.11. The van der Waals surface area contributed by atoms with Gasteiger partial charge in [-0.25, -0.2) is 9.97 Å². The summed E-state index contributed by atoms with van der Waals surface area (Å²) in [7, 11) is 0. The summed E-state index contributed by atoms with van der Waals surface area (Å²) in [4.78, 5) is 9.29.